The van der Waals surface area contributed by atoms with Gasteiger partial charge in [0.1, 0.15) is 6.54 Å². The number of carbonyl (C=O) groups excluding carboxylic acids is 1. The predicted octanol–water partition coefficient (Wildman–Crippen LogP) is 1.89. The average Bonchev–Trinajstić information content (AvgIpc) is 3.13. The molecule has 23 heavy (non-hydrogen) atoms. The number of rotatable bonds is 3. The van der Waals surface area contributed by atoms with Crippen molar-refractivity contribution in [2.45, 2.75) is 62.9 Å². The Hall–Kier alpha value is -1.57. The summed E-state index contributed by atoms with van der Waals surface area (Å²) in [4.78, 5) is 14.3. The number of likely N-dealkylation sites (tertiary alicyclic amines) is 1. The summed E-state index contributed by atoms with van der Waals surface area (Å²) in [5.74, 6) is -0.166. The summed E-state index contributed by atoms with van der Waals surface area (Å²) >= 11 is 0. The van der Waals surface area contributed by atoms with Crippen molar-refractivity contribution in [1.29, 1.82) is 0 Å². The van der Waals surface area contributed by atoms with E-state index in [0.29, 0.717) is 18.7 Å². The molecule has 1 aromatic rings. The topological polar surface area (TPSA) is 58.4 Å². The molecule has 128 valence electrons. The third-order valence-electron chi connectivity index (χ3n) is 4.92. The fourth-order valence-electron chi connectivity index (χ4n) is 3.91. The number of aromatic nitrogens is 2. The molecule has 0 radical (unpaired) electrons. The number of hydrogen-bond donors (Lipinski definition) is 1. The number of carbonyl (C=O) groups is 1. The molecule has 8 heteroatoms. The number of hydrogen-bond acceptors (Lipinski definition) is 3. The van der Waals surface area contributed by atoms with Crippen LogP contribution in [0.15, 0.2) is 12.3 Å². The second-order valence-corrected chi connectivity index (χ2v) is 6.46. The van der Waals surface area contributed by atoms with Crippen LogP contribution in [0.5, 0.6) is 0 Å². The van der Waals surface area contributed by atoms with Crippen molar-refractivity contribution in [2.75, 3.05) is 6.54 Å². The van der Waals surface area contributed by atoms with Crippen molar-refractivity contribution in [3.05, 3.63) is 18.0 Å². The van der Waals surface area contributed by atoms with Crippen molar-refractivity contribution in [2.24, 2.45) is 0 Å². The van der Waals surface area contributed by atoms with Gasteiger partial charge in [-0.3, -0.25) is 9.48 Å². The number of alkyl halides is 3. The SMILES string of the molecule is O=C(Cc1ccn(CC(F)(F)F)n1)N1CC[C@H](O)C12CCCC2. The summed E-state index contributed by atoms with van der Waals surface area (Å²) < 4.78 is 37.8. The predicted molar refractivity (Wildman–Crippen MR) is 75.5 cm³/mol. The van der Waals surface area contributed by atoms with E-state index in [1.807, 2.05) is 0 Å². The van der Waals surface area contributed by atoms with Crippen LogP contribution in [0.3, 0.4) is 0 Å². The highest BCUT2D eigenvalue weighted by Crippen LogP contribution is 2.43. The molecule has 2 heterocycles. The van der Waals surface area contributed by atoms with Crippen LogP contribution >= 0.6 is 0 Å². The standard InChI is InChI=1S/C15H20F3N3O2/c16-15(17,18)10-20-7-3-11(19-20)9-13(23)21-8-4-12(22)14(21)5-1-2-6-14/h3,7,12,22H,1-2,4-6,8-10H2/t12-/m0/s1. The molecule has 5 nitrogen and oxygen atoms in total. The van der Waals surface area contributed by atoms with Gasteiger partial charge in [0.15, 0.2) is 0 Å². The Balaban J connectivity index is 1.67. The van der Waals surface area contributed by atoms with Crippen LogP contribution in [-0.4, -0.2) is 50.1 Å². The highest BCUT2D eigenvalue weighted by atomic mass is 19.4. The van der Waals surface area contributed by atoms with E-state index in [-0.39, 0.29) is 12.3 Å². The number of aliphatic hydroxyl groups is 1. The van der Waals surface area contributed by atoms with Crippen molar-refractivity contribution in [1.82, 2.24) is 14.7 Å². The van der Waals surface area contributed by atoms with Crippen LogP contribution in [0.2, 0.25) is 0 Å². The maximum atomic E-state index is 12.6. The van der Waals surface area contributed by atoms with E-state index in [1.54, 1.807) is 4.90 Å². The lowest BCUT2D eigenvalue weighted by Crippen LogP contribution is -2.51. The van der Waals surface area contributed by atoms with Gasteiger partial charge in [-0.25, -0.2) is 0 Å². The van der Waals surface area contributed by atoms with Crippen LogP contribution in [0.4, 0.5) is 13.2 Å². The second-order valence-electron chi connectivity index (χ2n) is 6.46. The number of nitrogens with zero attached hydrogens (tertiary/aromatic N) is 3. The number of amides is 1. The Morgan fingerprint density at radius 1 is 1.39 bits per heavy atom. The highest BCUT2D eigenvalue weighted by Gasteiger charge is 2.51. The monoisotopic (exact) mass is 331 g/mol. The molecule has 3 rings (SSSR count). The van der Waals surface area contributed by atoms with Gasteiger partial charge in [-0.1, -0.05) is 12.8 Å². The largest absolute Gasteiger partial charge is 0.408 e. The van der Waals surface area contributed by atoms with E-state index in [0.717, 1.165) is 30.4 Å². The minimum Gasteiger partial charge on any atom is -0.391 e. The van der Waals surface area contributed by atoms with Crippen LogP contribution < -0.4 is 0 Å². The van der Waals surface area contributed by atoms with Crippen LogP contribution in [0, 0.1) is 0 Å². The summed E-state index contributed by atoms with van der Waals surface area (Å²) in [5.41, 5.74) is -0.139. The molecule has 2 aliphatic rings. The number of aliphatic hydroxyl groups excluding tert-OH is 1. The first kappa shape index (κ1) is 16.3. The molecule has 0 aromatic carbocycles. The molecular formula is C15H20F3N3O2. The lowest BCUT2D eigenvalue weighted by Gasteiger charge is -2.37. The van der Waals surface area contributed by atoms with Gasteiger partial charge in [0.2, 0.25) is 5.91 Å². The molecular weight excluding hydrogens is 311 g/mol. The summed E-state index contributed by atoms with van der Waals surface area (Å²) in [6, 6.07) is 1.44. The van der Waals surface area contributed by atoms with Gasteiger partial charge in [-0.2, -0.15) is 18.3 Å². The molecule has 1 aliphatic carbocycles. The first-order valence-corrected chi connectivity index (χ1v) is 7.88. The Labute approximate surface area is 132 Å². The lowest BCUT2D eigenvalue weighted by atomic mass is 9.91. The molecule has 1 aromatic heterocycles. The molecule has 0 unspecified atom stereocenters. The summed E-state index contributed by atoms with van der Waals surface area (Å²) in [7, 11) is 0. The van der Waals surface area contributed by atoms with Crippen molar-refractivity contribution in [3.8, 4) is 0 Å². The van der Waals surface area contributed by atoms with Crippen molar-refractivity contribution < 1.29 is 23.1 Å². The van der Waals surface area contributed by atoms with Crippen molar-refractivity contribution >= 4 is 5.91 Å². The number of halogens is 3. The summed E-state index contributed by atoms with van der Waals surface area (Å²) in [6.45, 7) is -0.656. The van der Waals surface area contributed by atoms with Gasteiger partial charge in [-0.05, 0) is 25.3 Å². The molecule has 1 amide bonds. The Morgan fingerprint density at radius 2 is 2.09 bits per heavy atom. The zero-order chi connectivity index (χ0) is 16.7. The van der Waals surface area contributed by atoms with Gasteiger partial charge in [-0.15, -0.1) is 0 Å². The molecule has 1 spiro atoms. The average molecular weight is 331 g/mol. The smallest absolute Gasteiger partial charge is 0.391 e. The minimum atomic E-state index is -4.33. The molecule has 1 saturated heterocycles. The summed E-state index contributed by atoms with van der Waals surface area (Å²) in [5, 5.41) is 14.1. The Morgan fingerprint density at radius 3 is 2.74 bits per heavy atom. The molecule has 0 bridgehead atoms. The molecule has 2 fully saturated rings. The quantitative estimate of drug-likeness (QED) is 0.920. The van der Waals surface area contributed by atoms with Gasteiger partial charge in [0.05, 0.1) is 23.8 Å². The molecule has 1 atom stereocenters. The molecule has 1 saturated carbocycles. The molecule has 1 aliphatic heterocycles. The van der Waals surface area contributed by atoms with E-state index >= 15 is 0 Å². The lowest BCUT2D eigenvalue weighted by molar-refractivity contribution is -0.142. The van der Waals surface area contributed by atoms with Crippen LogP contribution in [0.25, 0.3) is 0 Å². The normalized spacial score (nSPS) is 23.8. The Bertz CT molecular complexity index is 579. The van der Waals surface area contributed by atoms with Crippen LogP contribution in [0.1, 0.15) is 37.8 Å². The fourth-order valence-corrected chi connectivity index (χ4v) is 3.91. The van der Waals surface area contributed by atoms with Gasteiger partial charge in [0.25, 0.3) is 0 Å². The maximum absolute atomic E-state index is 12.6. The first-order valence-electron chi connectivity index (χ1n) is 7.88. The Kier molecular flexibility index (Phi) is 4.12. The van der Waals surface area contributed by atoms with E-state index in [9.17, 15) is 23.1 Å². The van der Waals surface area contributed by atoms with Gasteiger partial charge < -0.3 is 10.0 Å². The third-order valence-corrected chi connectivity index (χ3v) is 4.92. The van der Waals surface area contributed by atoms with Gasteiger partial charge >= 0.3 is 6.18 Å². The van der Waals surface area contributed by atoms with Crippen molar-refractivity contribution in [3.63, 3.8) is 0 Å². The molecule has 1 N–H and O–H groups in total. The first-order chi connectivity index (χ1) is 10.8. The van der Waals surface area contributed by atoms with E-state index < -0.39 is 24.4 Å². The summed E-state index contributed by atoms with van der Waals surface area (Å²) in [6.07, 6.45) is 0.498. The second kappa shape index (κ2) is 5.81. The van der Waals surface area contributed by atoms with E-state index in [2.05, 4.69) is 5.10 Å². The van der Waals surface area contributed by atoms with E-state index in [4.69, 9.17) is 0 Å². The fraction of sp³-hybridized carbons (Fsp3) is 0.733. The highest BCUT2D eigenvalue weighted by molar-refractivity contribution is 5.79. The zero-order valence-electron chi connectivity index (χ0n) is 12.7. The van der Waals surface area contributed by atoms with Crippen LogP contribution in [-0.2, 0) is 17.8 Å². The van der Waals surface area contributed by atoms with E-state index in [1.165, 1.54) is 12.3 Å². The van der Waals surface area contributed by atoms with Gasteiger partial charge in [0, 0.05) is 12.7 Å². The third kappa shape index (κ3) is 3.22. The zero-order valence-corrected chi connectivity index (χ0v) is 12.7. The minimum absolute atomic E-state index is 0.0284. The maximum Gasteiger partial charge on any atom is 0.408 e.